The SMILES string of the molecule is Cc1c(CCl)cc(Cl)cc1S(=O)(=O)N1CCN(C)CC1. The van der Waals surface area contributed by atoms with Crippen LogP contribution in [0.3, 0.4) is 0 Å². The first-order valence-corrected chi connectivity index (χ1v) is 8.75. The average molecular weight is 337 g/mol. The number of nitrogens with zero attached hydrogens (tertiary/aromatic N) is 2. The Balaban J connectivity index is 2.42. The Hall–Kier alpha value is -0.330. The van der Waals surface area contributed by atoms with Gasteiger partial charge in [-0.05, 0) is 37.2 Å². The molecule has 1 aromatic rings. The topological polar surface area (TPSA) is 40.6 Å². The molecule has 1 fully saturated rings. The van der Waals surface area contributed by atoms with Crippen molar-refractivity contribution in [1.29, 1.82) is 0 Å². The molecule has 0 aromatic heterocycles. The molecule has 0 atom stereocenters. The molecule has 0 bridgehead atoms. The molecule has 1 heterocycles. The Morgan fingerprint density at radius 3 is 2.35 bits per heavy atom. The van der Waals surface area contributed by atoms with Crippen molar-refractivity contribution < 1.29 is 8.42 Å². The number of hydrogen-bond acceptors (Lipinski definition) is 3. The van der Waals surface area contributed by atoms with Crippen LogP contribution in [0.25, 0.3) is 0 Å². The Kier molecular flexibility index (Phi) is 4.97. The lowest BCUT2D eigenvalue weighted by Gasteiger charge is -2.32. The second-order valence-corrected chi connectivity index (χ2v) is 7.64. The standard InChI is InChI=1S/C13H18Cl2N2O2S/c1-10-11(9-14)7-12(15)8-13(10)20(18,19)17-5-3-16(2)4-6-17/h7-8H,3-6,9H2,1-2H3. The highest BCUT2D eigenvalue weighted by molar-refractivity contribution is 7.89. The quantitative estimate of drug-likeness (QED) is 0.795. The van der Waals surface area contributed by atoms with Crippen molar-refractivity contribution in [3.63, 3.8) is 0 Å². The summed E-state index contributed by atoms with van der Waals surface area (Å²) >= 11 is 11.9. The van der Waals surface area contributed by atoms with Gasteiger partial charge in [0, 0.05) is 37.1 Å². The van der Waals surface area contributed by atoms with Crippen molar-refractivity contribution in [2.75, 3.05) is 33.2 Å². The maximum atomic E-state index is 12.7. The minimum atomic E-state index is -3.51. The smallest absolute Gasteiger partial charge is 0.243 e. The van der Waals surface area contributed by atoms with Crippen LogP contribution in [0.15, 0.2) is 17.0 Å². The maximum Gasteiger partial charge on any atom is 0.243 e. The van der Waals surface area contributed by atoms with E-state index in [9.17, 15) is 8.42 Å². The Morgan fingerprint density at radius 2 is 1.80 bits per heavy atom. The summed E-state index contributed by atoms with van der Waals surface area (Å²) < 4.78 is 27.0. The fraction of sp³-hybridized carbons (Fsp3) is 0.538. The molecule has 0 N–H and O–H groups in total. The minimum absolute atomic E-state index is 0.248. The molecule has 0 saturated carbocycles. The molecular weight excluding hydrogens is 319 g/mol. The molecule has 1 aromatic carbocycles. The van der Waals surface area contributed by atoms with Crippen molar-refractivity contribution in [2.24, 2.45) is 0 Å². The molecule has 1 saturated heterocycles. The van der Waals surface area contributed by atoms with E-state index in [4.69, 9.17) is 23.2 Å². The van der Waals surface area contributed by atoms with E-state index in [0.29, 0.717) is 23.7 Å². The summed E-state index contributed by atoms with van der Waals surface area (Å²) in [6, 6.07) is 3.23. The molecule has 0 unspecified atom stereocenters. The summed E-state index contributed by atoms with van der Waals surface area (Å²) in [7, 11) is -1.52. The first-order valence-electron chi connectivity index (χ1n) is 6.40. The Bertz CT molecular complexity index is 597. The normalized spacial score (nSPS) is 18.4. The summed E-state index contributed by atoms with van der Waals surface area (Å²) in [5, 5.41) is 0.402. The van der Waals surface area contributed by atoms with E-state index in [1.165, 1.54) is 10.4 Å². The van der Waals surface area contributed by atoms with Crippen LogP contribution in [0, 0.1) is 6.92 Å². The lowest BCUT2D eigenvalue weighted by atomic mass is 10.1. The summed E-state index contributed by atoms with van der Waals surface area (Å²) in [6.07, 6.45) is 0. The molecule has 112 valence electrons. The average Bonchev–Trinajstić information content (AvgIpc) is 2.41. The molecule has 0 amide bonds. The summed E-state index contributed by atoms with van der Waals surface area (Å²) in [5.74, 6) is 0.248. The van der Waals surface area contributed by atoms with Gasteiger partial charge in [-0.25, -0.2) is 8.42 Å². The molecular formula is C13H18Cl2N2O2S. The predicted octanol–water partition coefficient (Wildman–Crippen LogP) is 2.32. The van der Waals surface area contributed by atoms with Crippen LogP contribution in [0.4, 0.5) is 0 Å². The van der Waals surface area contributed by atoms with Crippen LogP contribution >= 0.6 is 23.2 Å². The molecule has 1 aliphatic heterocycles. The number of rotatable bonds is 3. The van der Waals surface area contributed by atoms with Crippen molar-refractivity contribution in [3.8, 4) is 0 Å². The number of hydrogen-bond donors (Lipinski definition) is 0. The van der Waals surface area contributed by atoms with E-state index in [1.54, 1.807) is 13.0 Å². The van der Waals surface area contributed by atoms with Crippen LogP contribution in [0.2, 0.25) is 5.02 Å². The molecule has 1 aliphatic rings. The van der Waals surface area contributed by atoms with Crippen LogP contribution in [0.1, 0.15) is 11.1 Å². The van der Waals surface area contributed by atoms with Crippen molar-refractivity contribution >= 4 is 33.2 Å². The number of alkyl halides is 1. The number of likely N-dealkylation sites (N-methyl/N-ethyl adjacent to an activating group) is 1. The molecule has 0 spiro atoms. The van der Waals surface area contributed by atoms with Gasteiger partial charge in [-0.1, -0.05) is 11.6 Å². The van der Waals surface area contributed by atoms with E-state index in [0.717, 1.165) is 18.7 Å². The van der Waals surface area contributed by atoms with Crippen LogP contribution < -0.4 is 0 Å². The van der Waals surface area contributed by atoms with Gasteiger partial charge in [0.05, 0.1) is 4.90 Å². The lowest BCUT2D eigenvalue weighted by molar-refractivity contribution is 0.222. The van der Waals surface area contributed by atoms with E-state index < -0.39 is 10.0 Å². The molecule has 2 rings (SSSR count). The number of halogens is 2. The van der Waals surface area contributed by atoms with Gasteiger partial charge in [0.25, 0.3) is 0 Å². The van der Waals surface area contributed by atoms with Gasteiger partial charge in [-0.2, -0.15) is 4.31 Å². The number of benzene rings is 1. The van der Waals surface area contributed by atoms with Crippen molar-refractivity contribution in [3.05, 3.63) is 28.3 Å². The fourth-order valence-electron chi connectivity index (χ4n) is 2.28. The Morgan fingerprint density at radius 1 is 1.20 bits per heavy atom. The second kappa shape index (κ2) is 6.20. The maximum absolute atomic E-state index is 12.7. The zero-order valence-electron chi connectivity index (χ0n) is 11.6. The largest absolute Gasteiger partial charge is 0.304 e. The molecule has 20 heavy (non-hydrogen) atoms. The lowest BCUT2D eigenvalue weighted by Crippen LogP contribution is -2.47. The van der Waals surface area contributed by atoms with Gasteiger partial charge in [0.2, 0.25) is 10.0 Å². The highest BCUT2D eigenvalue weighted by Crippen LogP contribution is 2.28. The Labute approximate surface area is 130 Å². The molecule has 7 heteroatoms. The first-order chi connectivity index (χ1) is 9.36. The first kappa shape index (κ1) is 16.0. The van der Waals surface area contributed by atoms with Crippen LogP contribution in [-0.2, 0) is 15.9 Å². The third kappa shape index (κ3) is 3.12. The van der Waals surface area contributed by atoms with E-state index in [1.807, 2.05) is 7.05 Å². The summed E-state index contributed by atoms with van der Waals surface area (Å²) in [6.45, 7) is 4.25. The predicted molar refractivity (Wildman–Crippen MR) is 82.0 cm³/mol. The number of sulfonamides is 1. The zero-order valence-corrected chi connectivity index (χ0v) is 13.9. The molecule has 4 nitrogen and oxygen atoms in total. The molecule has 0 radical (unpaired) electrons. The van der Waals surface area contributed by atoms with Gasteiger partial charge in [0.1, 0.15) is 0 Å². The summed E-state index contributed by atoms with van der Waals surface area (Å²) in [5.41, 5.74) is 1.44. The monoisotopic (exact) mass is 336 g/mol. The van der Waals surface area contributed by atoms with Crippen LogP contribution in [-0.4, -0.2) is 50.8 Å². The van der Waals surface area contributed by atoms with Crippen molar-refractivity contribution in [1.82, 2.24) is 9.21 Å². The minimum Gasteiger partial charge on any atom is -0.304 e. The van der Waals surface area contributed by atoms with Gasteiger partial charge in [0.15, 0.2) is 0 Å². The van der Waals surface area contributed by atoms with Gasteiger partial charge < -0.3 is 4.90 Å². The second-order valence-electron chi connectivity index (χ2n) is 5.03. The number of piperazine rings is 1. The highest BCUT2D eigenvalue weighted by Gasteiger charge is 2.29. The summed E-state index contributed by atoms with van der Waals surface area (Å²) in [4.78, 5) is 2.38. The van der Waals surface area contributed by atoms with Gasteiger partial charge in [-0.15, -0.1) is 11.6 Å². The van der Waals surface area contributed by atoms with Gasteiger partial charge >= 0.3 is 0 Å². The van der Waals surface area contributed by atoms with E-state index in [-0.39, 0.29) is 10.8 Å². The van der Waals surface area contributed by atoms with Crippen LogP contribution in [0.5, 0.6) is 0 Å². The highest BCUT2D eigenvalue weighted by atomic mass is 35.5. The third-order valence-corrected chi connectivity index (χ3v) is 6.19. The van der Waals surface area contributed by atoms with Crippen molar-refractivity contribution in [2.45, 2.75) is 17.7 Å². The fourth-order valence-corrected chi connectivity index (χ4v) is 4.58. The van der Waals surface area contributed by atoms with Gasteiger partial charge in [-0.3, -0.25) is 0 Å². The van der Waals surface area contributed by atoms with E-state index >= 15 is 0 Å². The van der Waals surface area contributed by atoms with E-state index in [2.05, 4.69) is 4.90 Å². The zero-order chi connectivity index (χ0) is 14.9. The molecule has 0 aliphatic carbocycles. The third-order valence-electron chi connectivity index (χ3n) is 3.66.